The quantitative estimate of drug-likeness (QED) is 0.564. The fraction of sp³-hybridized carbons (Fsp3) is 0.833. The molecule has 1 aliphatic heterocycles. The summed E-state index contributed by atoms with van der Waals surface area (Å²) in [6.07, 6.45) is 5.72. The van der Waals surface area contributed by atoms with Crippen molar-refractivity contribution >= 4 is 19.9 Å². The number of likely N-dealkylation sites (tertiary alicyclic amines) is 1. The van der Waals surface area contributed by atoms with Crippen molar-refractivity contribution in [2.24, 2.45) is 0 Å². The molecule has 1 aliphatic rings. The van der Waals surface area contributed by atoms with Crippen molar-refractivity contribution in [1.29, 1.82) is 0 Å². The van der Waals surface area contributed by atoms with E-state index in [0.29, 0.717) is 6.04 Å². The minimum atomic E-state index is -1.49. The molecule has 0 N–H and O–H groups in total. The Morgan fingerprint density at radius 1 is 1.25 bits per heavy atom. The second kappa shape index (κ2) is 6.08. The second-order valence-corrected chi connectivity index (χ2v) is 10.4. The number of hydrogen-bond donors (Lipinski definition) is 0. The molecular formula is C12H24ClNOSi. The zero-order valence-electron chi connectivity index (χ0n) is 10.9. The van der Waals surface area contributed by atoms with E-state index in [9.17, 15) is 0 Å². The van der Waals surface area contributed by atoms with Gasteiger partial charge in [0, 0.05) is 6.04 Å². The highest BCUT2D eigenvalue weighted by Gasteiger charge is 2.20. The minimum Gasteiger partial charge on any atom is -0.549 e. The van der Waals surface area contributed by atoms with Gasteiger partial charge in [0.1, 0.15) is 0 Å². The molecule has 1 unspecified atom stereocenters. The summed E-state index contributed by atoms with van der Waals surface area (Å²) in [6, 6.07) is 0.304. The molecule has 0 aromatic rings. The third-order valence-electron chi connectivity index (χ3n) is 2.86. The van der Waals surface area contributed by atoms with Crippen molar-refractivity contribution in [3.05, 3.63) is 11.3 Å². The summed E-state index contributed by atoms with van der Waals surface area (Å²) in [5, 5.41) is 0.837. The maximum atomic E-state index is 6.29. The number of nitrogens with zero attached hydrogens (tertiary/aromatic N) is 1. The van der Waals surface area contributed by atoms with Crippen molar-refractivity contribution in [3.63, 3.8) is 0 Å². The van der Waals surface area contributed by atoms with Gasteiger partial charge >= 0.3 is 0 Å². The molecule has 94 valence electrons. The Bertz CT molecular complexity index is 244. The Hall–Kier alpha value is 0.00688. The summed E-state index contributed by atoms with van der Waals surface area (Å²) in [5.74, 6) is 0. The van der Waals surface area contributed by atoms with Crippen molar-refractivity contribution in [3.8, 4) is 0 Å². The molecule has 0 aromatic heterocycles. The molecule has 0 aromatic carbocycles. The molecule has 0 amide bonds. The van der Waals surface area contributed by atoms with E-state index >= 15 is 0 Å². The number of halogens is 1. The van der Waals surface area contributed by atoms with Crippen molar-refractivity contribution < 1.29 is 4.43 Å². The van der Waals surface area contributed by atoms with E-state index < -0.39 is 8.32 Å². The third kappa shape index (κ3) is 4.89. The zero-order chi connectivity index (χ0) is 12.2. The normalized spacial score (nSPS) is 21.9. The second-order valence-electron chi connectivity index (χ2n) is 5.51. The van der Waals surface area contributed by atoms with Crippen LogP contribution in [0.3, 0.4) is 0 Å². The summed E-state index contributed by atoms with van der Waals surface area (Å²) < 4.78 is 5.72. The minimum absolute atomic E-state index is 0.304. The van der Waals surface area contributed by atoms with Crippen LogP contribution in [0, 0.1) is 0 Å². The first-order valence-electron chi connectivity index (χ1n) is 6.17. The van der Waals surface area contributed by atoms with Crippen LogP contribution in [0.2, 0.25) is 19.6 Å². The smallest absolute Gasteiger partial charge is 0.241 e. The first-order valence-corrected chi connectivity index (χ1v) is 9.96. The fourth-order valence-corrected chi connectivity index (χ4v) is 2.55. The van der Waals surface area contributed by atoms with Gasteiger partial charge in [-0.3, -0.25) is 4.90 Å². The number of piperidine rings is 1. The van der Waals surface area contributed by atoms with Crippen LogP contribution >= 0.6 is 11.6 Å². The van der Waals surface area contributed by atoms with Gasteiger partial charge in [0.2, 0.25) is 8.32 Å². The van der Waals surface area contributed by atoms with Gasteiger partial charge in [-0.05, 0) is 52.5 Å². The lowest BCUT2D eigenvalue weighted by Crippen LogP contribution is -2.37. The SMILES string of the molecule is CC(C(Cl)=CO[Si](C)(C)C)N1CCCCC1. The molecule has 0 saturated carbocycles. The van der Waals surface area contributed by atoms with Gasteiger partial charge in [0.25, 0.3) is 0 Å². The summed E-state index contributed by atoms with van der Waals surface area (Å²) >= 11 is 6.29. The third-order valence-corrected chi connectivity index (χ3v) is 4.09. The van der Waals surface area contributed by atoms with Crippen molar-refractivity contribution in [2.45, 2.75) is 51.9 Å². The van der Waals surface area contributed by atoms with Crippen molar-refractivity contribution in [2.75, 3.05) is 13.1 Å². The van der Waals surface area contributed by atoms with Gasteiger partial charge < -0.3 is 4.43 Å². The predicted octanol–water partition coefficient (Wildman–Crippen LogP) is 3.79. The molecule has 0 aliphatic carbocycles. The first kappa shape index (κ1) is 14.1. The lowest BCUT2D eigenvalue weighted by Gasteiger charge is -2.32. The maximum absolute atomic E-state index is 6.29. The molecule has 0 radical (unpaired) electrons. The summed E-state index contributed by atoms with van der Waals surface area (Å²) in [6.45, 7) is 11.0. The highest BCUT2D eigenvalue weighted by molar-refractivity contribution is 6.69. The maximum Gasteiger partial charge on any atom is 0.241 e. The molecule has 0 spiro atoms. The van der Waals surface area contributed by atoms with E-state index in [4.69, 9.17) is 16.0 Å². The number of rotatable bonds is 4. The van der Waals surface area contributed by atoms with Gasteiger partial charge in [0.05, 0.1) is 11.3 Å². The van der Waals surface area contributed by atoms with Gasteiger partial charge in [0.15, 0.2) is 0 Å². The van der Waals surface area contributed by atoms with Crippen LogP contribution < -0.4 is 0 Å². The average Bonchev–Trinajstić information content (AvgIpc) is 2.25. The summed E-state index contributed by atoms with van der Waals surface area (Å²) in [5.41, 5.74) is 0. The van der Waals surface area contributed by atoms with Crippen LogP contribution in [0.15, 0.2) is 11.3 Å². The van der Waals surface area contributed by atoms with Gasteiger partial charge in [-0.15, -0.1) is 0 Å². The highest BCUT2D eigenvalue weighted by Crippen LogP contribution is 2.20. The Labute approximate surface area is 106 Å². The topological polar surface area (TPSA) is 12.5 Å². The Kier molecular flexibility index (Phi) is 5.35. The van der Waals surface area contributed by atoms with E-state index in [-0.39, 0.29) is 0 Å². The van der Waals surface area contributed by atoms with Crippen LogP contribution in [0.25, 0.3) is 0 Å². The van der Waals surface area contributed by atoms with Crippen LogP contribution in [-0.4, -0.2) is 32.3 Å². The Morgan fingerprint density at radius 2 is 1.81 bits per heavy atom. The lowest BCUT2D eigenvalue weighted by molar-refractivity contribution is 0.197. The van der Waals surface area contributed by atoms with Crippen LogP contribution in [-0.2, 0) is 4.43 Å². The lowest BCUT2D eigenvalue weighted by atomic mass is 10.1. The van der Waals surface area contributed by atoms with Crippen LogP contribution in [0.4, 0.5) is 0 Å². The van der Waals surface area contributed by atoms with Gasteiger partial charge in [-0.25, -0.2) is 0 Å². The largest absolute Gasteiger partial charge is 0.549 e. The summed E-state index contributed by atoms with van der Waals surface area (Å²) in [7, 11) is -1.49. The predicted molar refractivity (Wildman–Crippen MR) is 73.3 cm³/mol. The first-order chi connectivity index (χ1) is 7.40. The van der Waals surface area contributed by atoms with Crippen LogP contribution in [0.5, 0.6) is 0 Å². The van der Waals surface area contributed by atoms with Gasteiger partial charge in [-0.2, -0.15) is 0 Å². The molecule has 1 rings (SSSR count). The molecule has 1 atom stereocenters. The molecule has 1 fully saturated rings. The van der Waals surface area contributed by atoms with E-state index in [0.717, 1.165) is 18.1 Å². The number of hydrogen-bond acceptors (Lipinski definition) is 2. The van der Waals surface area contributed by atoms with E-state index in [1.54, 1.807) is 6.26 Å². The molecule has 4 heteroatoms. The monoisotopic (exact) mass is 261 g/mol. The molecule has 1 saturated heterocycles. The summed E-state index contributed by atoms with van der Waals surface area (Å²) in [4.78, 5) is 2.44. The Balaban J connectivity index is 2.48. The molecule has 0 bridgehead atoms. The average molecular weight is 262 g/mol. The van der Waals surface area contributed by atoms with Crippen molar-refractivity contribution in [1.82, 2.24) is 4.90 Å². The van der Waals surface area contributed by atoms with E-state index in [1.807, 2.05) is 0 Å². The zero-order valence-corrected chi connectivity index (χ0v) is 12.7. The van der Waals surface area contributed by atoms with Crippen LogP contribution in [0.1, 0.15) is 26.2 Å². The molecule has 2 nitrogen and oxygen atoms in total. The standard InChI is InChI=1S/C12H24ClNOSi/c1-11(14-8-6-5-7-9-14)12(13)10-15-16(2,3)4/h10-11H,5-9H2,1-4H3. The Morgan fingerprint density at radius 3 is 2.31 bits per heavy atom. The molecule has 16 heavy (non-hydrogen) atoms. The fourth-order valence-electron chi connectivity index (χ4n) is 1.81. The highest BCUT2D eigenvalue weighted by atomic mass is 35.5. The van der Waals surface area contributed by atoms with Gasteiger partial charge in [-0.1, -0.05) is 18.0 Å². The van der Waals surface area contributed by atoms with E-state index in [2.05, 4.69) is 31.5 Å². The molecule has 1 heterocycles. The molecular weight excluding hydrogens is 238 g/mol. The van der Waals surface area contributed by atoms with E-state index in [1.165, 1.54) is 19.3 Å².